The van der Waals surface area contributed by atoms with E-state index in [-0.39, 0.29) is 17.2 Å². The second kappa shape index (κ2) is 8.31. The highest BCUT2D eigenvalue weighted by atomic mass is 19.1. The number of hydrogen-bond acceptors (Lipinski definition) is 8. The molecule has 0 saturated carbocycles. The van der Waals surface area contributed by atoms with Crippen LogP contribution in [0.2, 0.25) is 0 Å². The third-order valence-electron chi connectivity index (χ3n) is 5.55. The van der Waals surface area contributed by atoms with Gasteiger partial charge < -0.3 is 14.7 Å². The van der Waals surface area contributed by atoms with Gasteiger partial charge in [0.15, 0.2) is 5.82 Å². The van der Waals surface area contributed by atoms with Gasteiger partial charge >= 0.3 is 0 Å². The van der Waals surface area contributed by atoms with Gasteiger partial charge in [-0.2, -0.15) is 4.98 Å². The average molecular weight is 433 g/mol. The average Bonchev–Trinajstić information content (AvgIpc) is 3.36. The first-order chi connectivity index (χ1) is 15.6. The number of anilines is 1. The van der Waals surface area contributed by atoms with Crippen LogP contribution in [0.3, 0.4) is 0 Å². The van der Waals surface area contributed by atoms with Crippen LogP contribution in [0.1, 0.15) is 11.6 Å². The van der Waals surface area contributed by atoms with Crippen LogP contribution in [0.5, 0.6) is 0 Å². The van der Waals surface area contributed by atoms with E-state index in [4.69, 9.17) is 4.52 Å². The van der Waals surface area contributed by atoms with E-state index in [0.29, 0.717) is 37.1 Å². The predicted octanol–water partition coefficient (Wildman–Crippen LogP) is 2.18. The molecule has 4 aromatic rings. The topological polar surface area (TPSA) is 102 Å². The lowest BCUT2D eigenvalue weighted by molar-refractivity contribution is 0.418. The van der Waals surface area contributed by atoms with Gasteiger partial charge in [0, 0.05) is 56.1 Å². The quantitative estimate of drug-likeness (QED) is 0.523. The Labute approximate surface area is 182 Å². The smallest absolute Gasteiger partial charge is 0.255 e. The predicted molar refractivity (Wildman–Crippen MR) is 115 cm³/mol. The van der Waals surface area contributed by atoms with Crippen molar-refractivity contribution in [3.63, 3.8) is 0 Å². The van der Waals surface area contributed by atoms with Gasteiger partial charge in [-0.15, -0.1) is 0 Å². The number of benzene rings is 1. The molecular weight excluding hydrogens is 413 g/mol. The maximum absolute atomic E-state index is 14.2. The molecule has 0 amide bonds. The fourth-order valence-corrected chi connectivity index (χ4v) is 3.85. The van der Waals surface area contributed by atoms with Gasteiger partial charge in [-0.25, -0.2) is 9.37 Å². The molecule has 1 aliphatic rings. The highest BCUT2D eigenvalue weighted by molar-refractivity contribution is 5.60. The van der Waals surface area contributed by atoms with Crippen molar-refractivity contribution >= 4 is 5.95 Å². The molecule has 0 spiro atoms. The number of piperazine rings is 1. The Morgan fingerprint density at radius 2 is 2.06 bits per heavy atom. The molecule has 1 N–H and O–H groups in total. The van der Waals surface area contributed by atoms with E-state index in [0.717, 1.165) is 17.3 Å². The lowest BCUT2D eigenvalue weighted by Crippen LogP contribution is -2.47. The summed E-state index contributed by atoms with van der Waals surface area (Å²) in [4.78, 5) is 27.1. The number of pyridine rings is 1. The molecule has 1 aromatic carbocycles. The van der Waals surface area contributed by atoms with Crippen LogP contribution >= 0.6 is 0 Å². The summed E-state index contributed by atoms with van der Waals surface area (Å²) in [6.07, 6.45) is 3.90. The second-order valence-corrected chi connectivity index (χ2v) is 7.52. The molecular formula is C22H20FN7O2. The Hall–Kier alpha value is -3.92. The summed E-state index contributed by atoms with van der Waals surface area (Å²) >= 11 is 0. The van der Waals surface area contributed by atoms with Crippen molar-refractivity contribution < 1.29 is 8.91 Å². The van der Waals surface area contributed by atoms with Crippen molar-refractivity contribution in [3.8, 4) is 22.6 Å². The van der Waals surface area contributed by atoms with Gasteiger partial charge in [0.25, 0.3) is 5.56 Å². The largest absolute Gasteiger partial charge is 0.342 e. The molecule has 5 rings (SSSR count). The van der Waals surface area contributed by atoms with E-state index in [1.54, 1.807) is 7.05 Å². The molecule has 1 fully saturated rings. The summed E-state index contributed by atoms with van der Waals surface area (Å²) in [5.41, 5.74) is 2.25. The fraction of sp³-hybridized carbons (Fsp3) is 0.227. The molecule has 1 aliphatic heterocycles. The fourth-order valence-electron chi connectivity index (χ4n) is 3.85. The number of halogens is 1. The zero-order valence-electron chi connectivity index (χ0n) is 17.3. The molecule has 4 heterocycles. The minimum atomic E-state index is -0.515. The minimum absolute atomic E-state index is 0.0290. The third-order valence-corrected chi connectivity index (χ3v) is 5.55. The van der Waals surface area contributed by atoms with Crippen molar-refractivity contribution in [2.45, 2.75) is 6.04 Å². The molecule has 3 aromatic heterocycles. The number of nitrogens with zero attached hydrogens (tertiary/aromatic N) is 6. The normalized spacial score (nSPS) is 16.3. The van der Waals surface area contributed by atoms with Crippen LogP contribution in [0, 0.1) is 5.82 Å². The molecule has 0 bridgehead atoms. The molecule has 1 atom stereocenters. The van der Waals surface area contributed by atoms with E-state index >= 15 is 0 Å². The van der Waals surface area contributed by atoms with Crippen molar-refractivity contribution in [2.24, 2.45) is 7.05 Å². The van der Waals surface area contributed by atoms with Gasteiger partial charge in [-0.3, -0.25) is 14.3 Å². The summed E-state index contributed by atoms with van der Waals surface area (Å²) < 4.78 is 20.5. The number of hydrogen-bond donors (Lipinski definition) is 1. The van der Waals surface area contributed by atoms with Gasteiger partial charge in [-0.05, 0) is 11.6 Å². The van der Waals surface area contributed by atoms with Crippen molar-refractivity contribution in [1.29, 1.82) is 0 Å². The first kappa shape index (κ1) is 20.0. The first-order valence-corrected chi connectivity index (χ1v) is 10.1. The zero-order valence-corrected chi connectivity index (χ0v) is 17.3. The summed E-state index contributed by atoms with van der Waals surface area (Å²) in [6.45, 7) is 1.98. The van der Waals surface area contributed by atoms with Gasteiger partial charge in [0.2, 0.25) is 18.2 Å². The minimum Gasteiger partial charge on any atom is -0.342 e. The Kier molecular flexibility index (Phi) is 5.20. The van der Waals surface area contributed by atoms with Crippen LogP contribution in [0.25, 0.3) is 22.6 Å². The molecule has 32 heavy (non-hydrogen) atoms. The monoisotopic (exact) mass is 433 g/mol. The SMILES string of the molecule is Cn1c(N2CCNC(c3ccc(-c4ncon4)cc3)C2)nc(-c2ccncc2F)cc1=O. The molecule has 10 heteroatoms. The van der Waals surface area contributed by atoms with Crippen LogP contribution in [-0.2, 0) is 7.05 Å². The highest BCUT2D eigenvalue weighted by Crippen LogP contribution is 2.25. The summed E-state index contributed by atoms with van der Waals surface area (Å²) in [5, 5.41) is 7.36. The van der Waals surface area contributed by atoms with E-state index in [1.165, 1.54) is 29.3 Å². The van der Waals surface area contributed by atoms with E-state index in [1.807, 2.05) is 29.2 Å². The molecule has 162 valence electrons. The Balaban J connectivity index is 1.43. The van der Waals surface area contributed by atoms with Gasteiger partial charge in [0.1, 0.15) is 0 Å². The van der Waals surface area contributed by atoms with Crippen LogP contribution in [-0.4, -0.2) is 44.3 Å². The molecule has 0 radical (unpaired) electrons. The standard InChI is InChI=1S/C22H20FN7O2/c1-29-20(31)10-18(16-6-7-24-11-17(16)23)27-22(29)30-9-8-25-19(12-30)14-2-4-15(5-3-14)21-26-13-32-28-21/h2-7,10-11,13,19,25H,8-9,12H2,1H3. The molecule has 1 unspecified atom stereocenters. The lowest BCUT2D eigenvalue weighted by Gasteiger charge is -2.35. The first-order valence-electron chi connectivity index (χ1n) is 10.1. The molecule has 1 saturated heterocycles. The van der Waals surface area contributed by atoms with Crippen LogP contribution in [0.15, 0.2) is 64.5 Å². The molecule has 9 nitrogen and oxygen atoms in total. The van der Waals surface area contributed by atoms with E-state index in [2.05, 4.69) is 25.4 Å². The Morgan fingerprint density at radius 3 is 2.81 bits per heavy atom. The number of rotatable bonds is 4. The number of nitrogens with one attached hydrogen (secondary N) is 1. The van der Waals surface area contributed by atoms with Crippen molar-refractivity contribution in [1.82, 2.24) is 30.0 Å². The van der Waals surface area contributed by atoms with Crippen LogP contribution in [0.4, 0.5) is 10.3 Å². The Bertz CT molecular complexity index is 1290. The van der Waals surface area contributed by atoms with Crippen molar-refractivity contribution in [3.05, 3.63) is 76.9 Å². The van der Waals surface area contributed by atoms with E-state index in [9.17, 15) is 9.18 Å². The maximum atomic E-state index is 14.2. The van der Waals surface area contributed by atoms with E-state index < -0.39 is 5.82 Å². The summed E-state index contributed by atoms with van der Waals surface area (Å²) in [6, 6.07) is 10.8. The zero-order chi connectivity index (χ0) is 22.1. The summed E-state index contributed by atoms with van der Waals surface area (Å²) in [5.74, 6) is 0.520. The third kappa shape index (κ3) is 3.76. The van der Waals surface area contributed by atoms with Crippen LogP contribution < -0.4 is 15.8 Å². The summed E-state index contributed by atoms with van der Waals surface area (Å²) in [7, 11) is 1.67. The second-order valence-electron chi connectivity index (χ2n) is 7.52. The number of aromatic nitrogens is 5. The lowest BCUT2D eigenvalue weighted by atomic mass is 10.0. The molecule has 0 aliphatic carbocycles. The Morgan fingerprint density at radius 1 is 1.22 bits per heavy atom. The van der Waals surface area contributed by atoms with Gasteiger partial charge in [-0.1, -0.05) is 29.4 Å². The highest BCUT2D eigenvalue weighted by Gasteiger charge is 2.24. The van der Waals surface area contributed by atoms with Gasteiger partial charge in [0.05, 0.1) is 11.9 Å². The van der Waals surface area contributed by atoms with Crippen molar-refractivity contribution in [2.75, 3.05) is 24.5 Å². The maximum Gasteiger partial charge on any atom is 0.255 e.